The summed E-state index contributed by atoms with van der Waals surface area (Å²) in [5.41, 5.74) is 0. The van der Waals surface area contributed by atoms with Crippen LogP contribution < -0.4 is 10.6 Å². The Hall–Kier alpha value is -1.11. The summed E-state index contributed by atoms with van der Waals surface area (Å²) in [7, 11) is -0.937. The van der Waals surface area contributed by atoms with Crippen LogP contribution in [0, 0.1) is 5.92 Å². The summed E-state index contributed by atoms with van der Waals surface area (Å²) in [6, 6.07) is -0.368. The number of amides is 2. The maximum atomic E-state index is 11.7. The lowest BCUT2D eigenvalue weighted by atomic mass is 9.86. The Morgan fingerprint density at radius 2 is 1.89 bits per heavy atom. The van der Waals surface area contributed by atoms with Crippen LogP contribution in [-0.4, -0.2) is 45.4 Å². The van der Waals surface area contributed by atoms with Crippen molar-refractivity contribution >= 4 is 22.8 Å². The minimum atomic E-state index is -0.937. The van der Waals surface area contributed by atoms with Gasteiger partial charge < -0.3 is 15.7 Å². The number of carbonyl (C=O) groups is 2. The Morgan fingerprint density at radius 3 is 2.37 bits per heavy atom. The molecule has 1 saturated carbocycles. The molecule has 0 heterocycles. The van der Waals surface area contributed by atoms with Crippen LogP contribution in [0.2, 0.25) is 0 Å². The third-order valence-electron chi connectivity index (χ3n) is 3.27. The van der Waals surface area contributed by atoms with Crippen LogP contribution in [0.4, 0.5) is 4.79 Å². The molecule has 2 amide bonds. The third-order valence-corrected chi connectivity index (χ3v) is 4.24. The third kappa shape index (κ3) is 6.04. The monoisotopic (exact) mass is 290 g/mol. The van der Waals surface area contributed by atoms with E-state index in [-0.39, 0.29) is 24.0 Å². The first kappa shape index (κ1) is 15.9. The van der Waals surface area contributed by atoms with Gasteiger partial charge in [-0.25, -0.2) is 4.79 Å². The van der Waals surface area contributed by atoms with E-state index >= 15 is 0 Å². The summed E-state index contributed by atoms with van der Waals surface area (Å²) in [5.74, 6) is -0.594. The van der Waals surface area contributed by atoms with E-state index in [1.54, 1.807) is 6.26 Å². The second-order valence-corrected chi connectivity index (χ2v) is 6.63. The van der Waals surface area contributed by atoms with Gasteiger partial charge in [0.25, 0.3) is 0 Å². The molecule has 2 atom stereocenters. The molecule has 0 aromatic carbocycles. The molecular weight excluding hydrogens is 268 g/mol. The highest BCUT2D eigenvalue weighted by atomic mass is 32.2. The molecule has 19 heavy (non-hydrogen) atoms. The zero-order chi connectivity index (χ0) is 14.4. The molecular formula is C12H22N2O4S. The van der Waals surface area contributed by atoms with Gasteiger partial charge in [0.1, 0.15) is 0 Å². The van der Waals surface area contributed by atoms with Gasteiger partial charge in [0.15, 0.2) is 0 Å². The molecule has 110 valence electrons. The Balaban J connectivity index is 2.27. The first-order chi connectivity index (χ1) is 8.88. The summed E-state index contributed by atoms with van der Waals surface area (Å²) in [5, 5.41) is 14.5. The summed E-state index contributed by atoms with van der Waals surface area (Å²) in [6.07, 6.45) is 4.20. The smallest absolute Gasteiger partial charge is 0.315 e. The number of carboxylic acid groups (broad SMARTS) is 1. The molecule has 1 rings (SSSR count). The highest BCUT2D eigenvalue weighted by molar-refractivity contribution is 7.84. The van der Waals surface area contributed by atoms with E-state index in [2.05, 4.69) is 10.6 Å². The van der Waals surface area contributed by atoms with E-state index in [4.69, 9.17) is 5.11 Å². The van der Waals surface area contributed by atoms with E-state index < -0.39 is 16.8 Å². The van der Waals surface area contributed by atoms with Gasteiger partial charge in [-0.1, -0.05) is 0 Å². The van der Waals surface area contributed by atoms with E-state index in [0.29, 0.717) is 31.4 Å². The second kappa shape index (κ2) is 7.47. The van der Waals surface area contributed by atoms with Crippen LogP contribution >= 0.6 is 0 Å². The van der Waals surface area contributed by atoms with Crippen molar-refractivity contribution in [1.29, 1.82) is 0 Å². The van der Waals surface area contributed by atoms with Gasteiger partial charge >= 0.3 is 12.0 Å². The minimum absolute atomic E-state index is 0.0370. The first-order valence-corrected chi connectivity index (χ1v) is 8.21. The number of aliphatic carboxylic acids is 1. The van der Waals surface area contributed by atoms with Crippen LogP contribution in [0.5, 0.6) is 0 Å². The molecule has 1 aliphatic carbocycles. The molecule has 0 spiro atoms. The van der Waals surface area contributed by atoms with Gasteiger partial charge in [-0.3, -0.25) is 9.00 Å². The van der Waals surface area contributed by atoms with Crippen LogP contribution in [0.3, 0.4) is 0 Å². The highest BCUT2D eigenvalue weighted by Gasteiger charge is 2.26. The zero-order valence-corrected chi connectivity index (χ0v) is 12.2. The average molecular weight is 290 g/mol. The van der Waals surface area contributed by atoms with Crippen molar-refractivity contribution in [1.82, 2.24) is 10.6 Å². The SMILES string of the molecule is CC(CS(C)=O)NC(=O)NC1CCC(C(=O)O)CC1. The molecule has 3 N–H and O–H groups in total. The summed E-state index contributed by atoms with van der Waals surface area (Å²) >= 11 is 0. The largest absolute Gasteiger partial charge is 0.481 e. The fourth-order valence-electron chi connectivity index (χ4n) is 2.33. The summed E-state index contributed by atoms with van der Waals surface area (Å²) < 4.78 is 11.0. The van der Waals surface area contributed by atoms with Gasteiger partial charge in [0.05, 0.1) is 5.92 Å². The van der Waals surface area contributed by atoms with Gasteiger partial charge in [0, 0.05) is 34.9 Å². The Labute approximate surface area is 115 Å². The number of nitrogens with one attached hydrogen (secondary N) is 2. The maximum Gasteiger partial charge on any atom is 0.315 e. The molecule has 0 saturated heterocycles. The number of carbonyl (C=O) groups excluding carboxylic acids is 1. The summed E-state index contributed by atoms with van der Waals surface area (Å²) in [6.45, 7) is 1.81. The van der Waals surface area contributed by atoms with E-state index in [1.165, 1.54) is 0 Å². The molecule has 0 radical (unpaired) electrons. The van der Waals surface area contributed by atoms with Crippen molar-refractivity contribution < 1.29 is 18.9 Å². The molecule has 0 bridgehead atoms. The van der Waals surface area contributed by atoms with E-state index in [0.717, 1.165) is 0 Å². The van der Waals surface area contributed by atoms with E-state index in [9.17, 15) is 13.8 Å². The number of hydrogen-bond donors (Lipinski definition) is 3. The van der Waals surface area contributed by atoms with Crippen LogP contribution in [0.1, 0.15) is 32.6 Å². The van der Waals surface area contributed by atoms with Crippen molar-refractivity contribution in [3.63, 3.8) is 0 Å². The Kier molecular flexibility index (Phi) is 6.27. The fourth-order valence-corrected chi connectivity index (χ4v) is 3.12. The highest BCUT2D eigenvalue weighted by Crippen LogP contribution is 2.24. The number of carboxylic acids is 1. The predicted molar refractivity (Wildman–Crippen MR) is 73.4 cm³/mol. The van der Waals surface area contributed by atoms with Crippen molar-refractivity contribution in [3.8, 4) is 0 Å². The van der Waals surface area contributed by atoms with Crippen molar-refractivity contribution in [2.75, 3.05) is 12.0 Å². The number of urea groups is 1. The molecule has 0 aliphatic heterocycles. The van der Waals surface area contributed by atoms with Crippen LogP contribution in [-0.2, 0) is 15.6 Å². The maximum absolute atomic E-state index is 11.7. The van der Waals surface area contributed by atoms with Crippen molar-refractivity contribution in [2.45, 2.75) is 44.7 Å². The van der Waals surface area contributed by atoms with Crippen molar-refractivity contribution in [3.05, 3.63) is 0 Å². The molecule has 0 aromatic rings. The summed E-state index contributed by atoms with van der Waals surface area (Å²) in [4.78, 5) is 22.5. The van der Waals surface area contributed by atoms with Crippen molar-refractivity contribution in [2.24, 2.45) is 5.92 Å². The lowest BCUT2D eigenvalue weighted by molar-refractivity contribution is -0.142. The normalized spacial score (nSPS) is 26.2. The molecule has 6 nitrogen and oxygen atoms in total. The number of hydrogen-bond acceptors (Lipinski definition) is 3. The number of rotatable bonds is 5. The fraction of sp³-hybridized carbons (Fsp3) is 0.833. The Morgan fingerprint density at radius 1 is 1.32 bits per heavy atom. The zero-order valence-electron chi connectivity index (χ0n) is 11.3. The molecule has 0 aromatic heterocycles. The topological polar surface area (TPSA) is 95.5 Å². The molecule has 1 fully saturated rings. The first-order valence-electron chi connectivity index (χ1n) is 6.48. The molecule has 2 unspecified atom stereocenters. The Bertz CT molecular complexity index is 354. The van der Waals surface area contributed by atoms with Crippen LogP contribution in [0.25, 0.3) is 0 Å². The van der Waals surface area contributed by atoms with Gasteiger partial charge in [0.2, 0.25) is 0 Å². The quantitative estimate of drug-likeness (QED) is 0.694. The lowest BCUT2D eigenvalue weighted by Gasteiger charge is -2.27. The molecule has 1 aliphatic rings. The standard InChI is InChI=1S/C12H22N2O4S/c1-8(7-19(2)18)13-12(17)14-10-5-3-9(4-6-10)11(15)16/h8-10H,3-7H2,1-2H3,(H,15,16)(H2,13,14,17). The minimum Gasteiger partial charge on any atom is -0.481 e. The van der Waals surface area contributed by atoms with E-state index in [1.807, 2.05) is 6.92 Å². The average Bonchev–Trinajstić information content (AvgIpc) is 2.27. The predicted octanol–water partition coefficient (Wildman–Crippen LogP) is 0.696. The van der Waals surface area contributed by atoms with Crippen LogP contribution in [0.15, 0.2) is 0 Å². The van der Waals surface area contributed by atoms with Gasteiger partial charge in [-0.15, -0.1) is 0 Å². The molecule has 7 heteroatoms. The second-order valence-electron chi connectivity index (χ2n) is 5.15. The van der Waals surface area contributed by atoms with Gasteiger partial charge in [-0.2, -0.15) is 0 Å². The van der Waals surface area contributed by atoms with Gasteiger partial charge in [-0.05, 0) is 32.6 Å². The lowest BCUT2D eigenvalue weighted by Crippen LogP contribution is -2.48.